The molecular weight excluding hydrogens is 410 g/mol. The molecule has 0 aliphatic heterocycles. The maximum absolute atomic E-state index is 13.1. The lowest BCUT2D eigenvalue weighted by atomic mass is 10.1. The number of amides is 1. The SMILES string of the molecule is CCN(Cc1ccc(N(C)C)cc1)C(=O)c1cc(S(=O)(=O)NC(C)C)ccc1Cl. The lowest BCUT2D eigenvalue weighted by molar-refractivity contribution is 0.0752. The van der Waals surface area contributed by atoms with E-state index >= 15 is 0 Å². The Hall–Kier alpha value is -2.09. The molecule has 0 aliphatic rings. The van der Waals surface area contributed by atoms with E-state index in [9.17, 15) is 13.2 Å². The molecule has 1 N–H and O–H groups in total. The lowest BCUT2D eigenvalue weighted by Crippen LogP contribution is -2.32. The number of nitrogens with zero attached hydrogens (tertiary/aromatic N) is 2. The van der Waals surface area contributed by atoms with Crippen molar-refractivity contribution in [2.75, 3.05) is 25.5 Å². The van der Waals surface area contributed by atoms with Crippen LogP contribution in [0.2, 0.25) is 5.02 Å². The van der Waals surface area contributed by atoms with Crippen LogP contribution in [0, 0.1) is 0 Å². The lowest BCUT2D eigenvalue weighted by Gasteiger charge is -2.22. The Morgan fingerprint density at radius 3 is 2.24 bits per heavy atom. The van der Waals surface area contributed by atoms with E-state index in [1.165, 1.54) is 18.2 Å². The molecule has 6 nitrogen and oxygen atoms in total. The van der Waals surface area contributed by atoms with Crippen LogP contribution in [0.1, 0.15) is 36.7 Å². The number of carbonyl (C=O) groups is 1. The summed E-state index contributed by atoms with van der Waals surface area (Å²) in [7, 11) is 0.212. The van der Waals surface area contributed by atoms with Gasteiger partial charge in [-0.1, -0.05) is 23.7 Å². The fraction of sp³-hybridized carbons (Fsp3) is 0.381. The third-order valence-electron chi connectivity index (χ3n) is 4.36. The van der Waals surface area contributed by atoms with Crippen LogP contribution in [0.4, 0.5) is 5.69 Å². The summed E-state index contributed by atoms with van der Waals surface area (Å²) in [5.41, 5.74) is 2.22. The number of anilines is 1. The van der Waals surface area contributed by atoms with Crippen molar-refractivity contribution < 1.29 is 13.2 Å². The number of hydrogen-bond donors (Lipinski definition) is 1. The molecule has 2 aromatic carbocycles. The molecule has 0 bridgehead atoms. The Balaban J connectivity index is 2.29. The van der Waals surface area contributed by atoms with E-state index in [0.29, 0.717) is 13.1 Å². The zero-order valence-corrected chi connectivity index (χ0v) is 19.0. The van der Waals surface area contributed by atoms with Crippen LogP contribution in [0.3, 0.4) is 0 Å². The van der Waals surface area contributed by atoms with Crippen molar-refractivity contribution in [3.63, 3.8) is 0 Å². The van der Waals surface area contributed by atoms with Crippen molar-refractivity contribution in [1.29, 1.82) is 0 Å². The number of carbonyl (C=O) groups excluding carboxylic acids is 1. The Kier molecular flexibility index (Phi) is 7.68. The normalized spacial score (nSPS) is 11.6. The van der Waals surface area contributed by atoms with Gasteiger partial charge < -0.3 is 9.80 Å². The third-order valence-corrected chi connectivity index (χ3v) is 6.35. The van der Waals surface area contributed by atoms with E-state index < -0.39 is 10.0 Å². The number of halogens is 1. The van der Waals surface area contributed by atoms with Gasteiger partial charge in [0.2, 0.25) is 10.0 Å². The van der Waals surface area contributed by atoms with Gasteiger partial charge in [0.05, 0.1) is 15.5 Å². The highest BCUT2D eigenvalue weighted by molar-refractivity contribution is 7.89. The minimum Gasteiger partial charge on any atom is -0.378 e. The highest BCUT2D eigenvalue weighted by atomic mass is 35.5. The predicted molar refractivity (Wildman–Crippen MR) is 118 cm³/mol. The van der Waals surface area contributed by atoms with Crippen molar-refractivity contribution in [2.45, 2.75) is 38.3 Å². The fourth-order valence-corrected chi connectivity index (χ4v) is 4.31. The average molecular weight is 438 g/mol. The minimum atomic E-state index is -3.72. The van der Waals surface area contributed by atoms with Crippen LogP contribution in [-0.2, 0) is 16.6 Å². The maximum atomic E-state index is 13.1. The number of rotatable bonds is 8. The summed E-state index contributed by atoms with van der Waals surface area (Å²) in [5, 5.41) is 0.222. The topological polar surface area (TPSA) is 69.7 Å². The smallest absolute Gasteiger partial charge is 0.255 e. The summed E-state index contributed by atoms with van der Waals surface area (Å²) in [6.07, 6.45) is 0. The predicted octanol–water partition coefficient (Wildman–Crippen LogP) is 3.76. The molecule has 0 radical (unpaired) electrons. The standard InChI is InChI=1S/C21H28ClN3O3S/c1-6-25(14-16-7-9-17(10-8-16)24(4)5)21(26)19-13-18(11-12-20(19)22)29(27,28)23-15(2)3/h7-13,15,23H,6,14H2,1-5H3. The van der Waals surface area contributed by atoms with Gasteiger partial charge in [-0.25, -0.2) is 13.1 Å². The second kappa shape index (κ2) is 9.61. The van der Waals surface area contributed by atoms with E-state index in [1.54, 1.807) is 18.7 Å². The van der Waals surface area contributed by atoms with Crippen LogP contribution < -0.4 is 9.62 Å². The van der Waals surface area contributed by atoms with Crippen molar-refractivity contribution in [1.82, 2.24) is 9.62 Å². The largest absolute Gasteiger partial charge is 0.378 e. The van der Waals surface area contributed by atoms with Gasteiger partial charge in [-0.3, -0.25) is 4.79 Å². The molecule has 0 heterocycles. The molecular formula is C21H28ClN3O3S. The van der Waals surface area contributed by atoms with Crippen molar-refractivity contribution in [3.05, 3.63) is 58.6 Å². The molecule has 0 atom stereocenters. The zero-order chi connectivity index (χ0) is 21.8. The second-order valence-corrected chi connectivity index (χ2v) is 9.42. The first-order chi connectivity index (χ1) is 13.5. The fourth-order valence-electron chi connectivity index (χ4n) is 2.83. The van der Waals surface area contributed by atoms with Gasteiger partial charge in [-0.15, -0.1) is 0 Å². The first kappa shape index (κ1) is 23.2. The van der Waals surface area contributed by atoms with Crippen molar-refractivity contribution in [2.24, 2.45) is 0 Å². The first-order valence-corrected chi connectivity index (χ1v) is 11.3. The summed E-state index contributed by atoms with van der Waals surface area (Å²) in [5.74, 6) is -0.309. The molecule has 0 saturated carbocycles. The van der Waals surface area contributed by atoms with Gasteiger partial charge >= 0.3 is 0 Å². The van der Waals surface area contributed by atoms with Crippen LogP contribution in [0.25, 0.3) is 0 Å². The molecule has 2 rings (SSSR count). The molecule has 158 valence electrons. The molecule has 0 saturated heterocycles. The van der Waals surface area contributed by atoms with Crippen molar-refractivity contribution >= 4 is 33.2 Å². The van der Waals surface area contributed by atoms with Gasteiger partial charge in [0.1, 0.15) is 0 Å². The van der Waals surface area contributed by atoms with Gasteiger partial charge in [0, 0.05) is 38.9 Å². The average Bonchev–Trinajstić information content (AvgIpc) is 2.65. The van der Waals surface area contributed by atoms with E-state index in [4.69, 9.17) is 11.6 Å². The Bertz CT molecular complexity index is 958. The first-order valence-electron chi connectivity index (χ1n) is 9.42. The summed E-state index contributed by atoms with van der Waals surface area (Å²) >= 11 is 6.24. The highest BCUT2D eigenvalue weighted by Crippen LogP contribution is 2.23. The van der Waals surface area contributed by atoms with Crippen LogP contribution >= 0.6 is 11.6 Å². The van der Waals surface area contributed by atoms with Crippen LogP contribution in [0.15, 0.2) is 47.4 Å². The summed E-state index contributed by atoms with van der Waals surface area (Å²) in [6, 6.07) is 11.9. The summed E-state index contributed by atoms with van der Waals surface area (Å²) in [6.45, 7) is 6.22. The van der Waals surface area contributed by atoms with Crippen LogP contribution in [0.5, 0.6) is 0 Å². The van der Waals surface area contributed by atoms with Crippen molar-refractivity contribution in [3.8, 4) is 0 Å². The summed E-state index contributed by atoms with van der Waals surface area (Å²) < 4.78 is 27.4. The van der Waals surface area contributed by atoms with Crippen LogP contribution in [-0.4, -0.2) is 45.9 Å². The Morgan fingerprint density at radius 2 is 1.72 bits per heavy atom. The molecule has 0 spiro atoms. The molecule has 0 aromatic heterocycles. The Morgan fingerprint density at radius 1 is 1.10 bits per heavy atom. The highest BCUT2D eigenvalue weighted by Gasteiger charge is 2.22. The van der Waals surface area contributed by atoms with E-state index in [1.807, 2.05) is 50.2 Å². The number of hydrogen-bond acceptors (Lipinski definition) is 4. The van der Waals surface area contributed by atoms with Gasteiger partial charge in [-0.2, -0.15) is 0 Å². The number of nitrogens with one attached hydrogen (secondary N) is 1. The monoisotopic (exact) mass is 437 g/mol. The van der Waals surface area contributed by atoms with Gasteiger partial charge in [0.15, 0.2) is 0 Å². The van der Waals surface area contributed by atoms with Gasteiger partial charge in [-0.05, 0) is 56.7 Å². The zero-order valence-electron chi connectivity index (χ0n) is 17.4. The molecule has 0 aliphatic carbocycles. The maximum Gasteiger partial charge on any atom is 0.255 e. The third kappa shape index (κ3) is 5.95. The second-order valence-electron chi connectivity index (χ2n) is 7.30. The number of sulfonamides is 1. The number of benzene rings is 2. The summed E-state index contributed by atoms with van der Waals surface area (Å²) in [4.78, 5) is 16.8. The van der Waals surface area contributed by atoms with Gasteiger partial charge in [0.25, 0.3) is 5.91 Å². The molecule has 0 fully saturated rings. The molecule has 1 amide bonds. The molecule has 0 unspecified atom stereocenters. The van der Waals surface area contributed by atoms with E-state index in [0.717, 1.165) is 11.3 Å². The molecule has 8 heteroatoms. The molecule has 29 heavy (non-hydrogen) atoms. The molecule has 2 aromatic rings. The van der Waals surface area contributed by atoms with E-state index in [2.05, 4.69) is 4.72 Å². The quantitative estimate of drug-likeness (QED) is 0.682. The minimum absolute atomic E-state index is 0.0188. The Labute approximate surface area is 178 Å². The van der Waals surface area contributed by atoms with E-state index in [-0.39, 0.29) is 27.4 Å².